The Bertz CT molecular complexity index is 432. The van der Waals surface area contributed by atoms with Crippen molar-refractivity contribution in [1.82, 2.24) is 10.3 Å². The summed E-state index contributed by atoms with van der Waals surface area (Å²) in [7, 11) is 0. The highest BCUT2D eigenvalue weighted by Gasteiger charge is 2.22. The van der Waals surface area contributed by atoms with Gasteiger partial charge in [-0.15, -0.1) is 0 Å². The number of pyridine rings is 1. The van der Waals surface area contributed by atoms with Gasteiger partial charge in [-0.05, 0) is 12.1 Å². The van der Waals surface area contributed by atoms with Gasteiger partial charge in [0.25, 0.3) is 5.91 Å². The quantitative estimate of drug-likeness (QED) is 0.615. The van der Waals surface area contributed by atoms with Gasteiger partial charge in [0.15, 0.2) is 0 Å². The first kappa shape index (κ1) is 12.6. The molecule has 0 aromatic carbocycles. The second kappa shape index (κ2) is 5.59. The molecule has 0 spiro atoms. The lowest BCUT2D eigenvalue weighted by Crippen LogP contribution is -2.43. The molecule has 2 amide bonds. The van der Waals surface area contributed by atoms with Crippen LogP contribution in [0.15, 0.2) is 24.5 Å². The van der Waals surface area contributed by atoms with Gasteiger partial charge in [-0.3, -0.25) is 14.6 Å². The number of hydrogen-bond acceptors (Lipinski definition) is 4. The molecule has 1 rings (SSSR count). The number of aromatic nitrogens is 1. The molecule has 4 N–H and O–H groups in total. The van der Waals surface area contributed by atoms with Crippen LogP contribution in [0.5, 0.6) is 0 Å². The van der Waals surface area contributed by atoms with Crippen LogP contribution in [-0.2, 0) is 9.59 Å². The van der Waals surface area contributed by atoms with Gasteiger partial charge in [0.2, 0.25) is 5.91 Å². The number of nitrogens with two attached hydrogens (primary N) is 1. The number of aliphatic carboxylic acids is 1. The van der Waals surface area contributed by atoms with Crippen LogP contribution in [-0.4, -0.2) is 33.9 Å². The number of nitrogens with zero attached hydrogens (tertiary/aromatic N) is 1. The molecule has 90 valence electrons. The highest BCUT2D eigenvalue weighted by atomic mass is 16.4. The molecule has 7 heteroatoms. The van der Waals surface area contributed by atoms with E-state index in [9.17, 15) is 14.4 Å². The van der Waals surface area contributed by atoms with E-state index in [1.807, 2.05) is 0 Å². The predicted molar refractivity (Wildman–Crippen MR) is 56.9 cm³/mol. The molecular weight excluding hydrogens is 226 g/mol. The Kier molecular flexibility index (Phi) is 4.15. The van der Waals surface area contributed by atoms with Gasteiger partial charge in [-0.1, -0.05) is 0 Å². The van der Waals surface area contributed by atoms with Crippen LogP contribution in [0.2, 0.25) is 0 Å². The first-order valence-electron chi connectivity index (χ1n) is 4.72. The third-order valence-corrected chi connectivity index (χ3v) is 1.95. The lowest BCUT2D eigenvalue weighted by Gasteiger charge is -2.12. The minimum atomic E-state index is -1.33. The summed E-state index contributed by atoms with van der Waals surface area (Å²) in [4.78, 5) is 36.7. The largest absolute Gasteiger partial charge is 0.480 e. The number of nitrogens with one attached hydrogen (secondary N) is 1. The maximum absolute atomic E-state index is 11.6. The average molecular weight is 237 g/mol. The van der Waals surface area contributed by atoms with Crippen molar-refractivity contribution in [3.8, 4) is 0 Å². The van der Waals surface area contributed by atoms with Crippen LogP contribution in [0.4, 0.5) is 0 Å². The van der Waals surface area contributed by atoms with Gasteiger partial charge in [0.1, 0.15) is 6.04 Å². The van der Waals surface area contributed by atoms with E-state index < -0.39 is 30.2 Å². The van der Waals surface area contributed by atoms with E-state index in [0.29, 0.717) is 0 Å². The smallest absolute Gasteiger partial charge is 0.326 e. The molecule has 0 bridgehead atoms. The monoisotopic (exact) mass is 237 g/mol. The summed E-state index contributed by atoms with van der Waals surface area (Å²) in [6.07, 6.45) is 2.35. The summed E-state index contributed by atoms with van der Waals surface area (Å²) in [6, 6.07) is 1.53. The van der Waals surface area contributed by atoms with Crippen LogP contribution in [0, 0.1) is 0 Å². The van der Waals surface area contributed by atoms with Gasteiger partial charge >= 0.3 is 5.97 Å². The highest BCUT2D eigenvalue weighted by Crippen LogP contribution is 1.99. The zero-order valence-electron chi connectivity index (χ0n) is 8.79. The Morgan fingerprint density at radius 3 is 2.41 bits per heavy atom. The number of carbonyl (C=O) groups excluding carboxylic acids is 2. The van der Waals surface area contributed by atoms with Crippen LogP contribution in [0.3, 0.4) is 0 Å². The SMILES string of the molecule is NC(=O)CC(NC(=O)c1ccncc1)C(=O)O. The van der Waals surface area contributed by atoms with Crippen molar-refractivity contribution in [1.29, 1.82) is 0 Å². The Morgan fingerprint density at radius 1 is 1.35 bits per heavy atom. The average Bonchev–Trinajstić information content (AvgIpc) is 2.28. The molecule has 1 unspecified atom stereocenters. The van der Waals surface area contributed by atoms with Crippen LogP contribution < -0.4 is 11.1 Å². The Morgan fingerprint density at radius 2 is 1.94 bits per heavy atom. The van der Waals surface area contributed by atoms with Crippen molar-refractivity contribution >= 4 is 17.8 Å². The first-order chi connectivity index (χ1) is 8.00. The highest BCUT2D eigenvalue weighted by molar-refractivity contribution is 5.97. The van der Waals surface area contributed by atoms with E-state index in [0.717, 1.165) is 0 Å². The van der Waals surface area contributed by atoms with E-state index in [2.05, 4.69) is 10.3 Å². The summed E-state index contributed by atoms with van der Waals surface area (Å²) < 4.78 is 0. The van der Waals surface area contributed by atoms with Gasteiger partial charge in [0, 0.05) is 18.0 Å². The van der Waals surface area contributed by atoms with Crippen molar-refractivity contribution in [3.63, 3.8) is 0 Å². The normalized spacial score (nSPS) is 11.5. The number of amides is 2. The topological polar surface area (TPSA) is 122 Å². The molecule has 0 saturated carbocycles. The first-order valence-corrected chi connectivity index (χ1v) is 4.72. The van der Waals surface area contributed by atoms with Crippen molar-refractivity contribution in [2.75, 3.05) is 0 Å². The number of carbonyl (C=O) groups is 3. The summed E-state index contributed by atoms with van der Waals surface area (Å²) in [5.74, 6) is -2.71. The maximum Gasteiger partial charge on any atom is 0.326 e. The molecule has 0 radical (unpaired) electrons. The summed E-state index contributed by atoms with van der Waals surface area (Å²) in [6.45, 7) is 0. The van der Waals surface area contributed by atoms with Crippen molar-refractivity contribution in [2.45, 2.75) is 12.5 Å². The van der Waals surface area contributed by atoms with Gasteiger partial charge in [-0.25, -0.2) is 4.79 Å². The molecule has 1 aromatic rings. The van der Waals surface area contributed by atoms with Crippen molar-refractivity contribution in [3.05, 3.63) is 30.1 Å². The Labute approximate surface area is 96.6 Å². The molecule has 0 aliphatic carbocycles. The number of carboxylic acids is 1. The van der Waals surface area contributed by atoms with Gasteiger partial charge in [0.05, 0.1) is 6.42 Å². The number of primary amides is 1. The van der Waals surface area contributed by atoms with E-state index >= 15 is 0 Å². The number of carboxylic acid groups (broad SMARTS) is 1. The molecule has 0 saturated heterocycles. The molecule has 1 heterocycles. The molecule has 1 atom stereocenters. The van der Waals surface area contributed by atoms with E-state index in [4.69, 9.17) is 10.8 Å². The minimum absolute atomic E-state index is 0.260. The third-order valence-electron chi connectivity index (χ3n) is 1.95. The second-order valence-electron chi connectivity index (χ2n) is 3.27. The lowest BCUT2D eigenvalue weighted by molar-refractivity contribution is -0.140. The molecular formula is C10H11N3O4. The maximum atomic E-state index is 11.6. The summed E-state index contributed by atoms with van der Waals surface area (Å²) >= 11 is 0. The fourth-order valence-corrected chi connectivity index (χ4v) is 1.15. The molecule has 0 aliphatic rings. The zero-order valence-corrected chi connectivity index (χ0v) is 8.79. The molecule has 7 nitrogen and oxygen atoms in total. The standard InChI is InChI=1S/C10H11N3O4/c11-8(14)5-7(10(16)17)13-9(15)6-1-3-12-4-2-6/h1-4,7H,5H2,(H2,11,14)(H,13,15)(H,16,17). The molecule has 1 aromatic heterocycles. The third kappa shape index (κ3) is 3.90. The zero-order chi connectivity index (χ0) is 12.8. The van der Waals surface area contributed by atoms with Gasteiger partial charge in [-0.2, -0.15) is 0 Å². The Balaban J connectivity index is 2.71. The summed E-state index contributed by atoms with van der Waals surface area (Å²) in [5.41, 5.74) is 5.14. The fourth-order valence-electron chi connectivity index (χ4n) is 1.15. The van der Waals surface area contributed by atoms with E-state index in [-0.39, 0.29) is 5.56 Å². The Hall–Kier alpha value is -2.44. The van der Waals surface area contributed by atoms with E-state index in [1.54, 1.807) is 0 Å². The van der Waals surface area contributed by atoms with E-state index in [1.165, 1.54) is 24.5 Å². The molecule has 0 fully saturated rings. The molecule has 0 aliphatic heterocycles. The summed E-state index contributed by atoms with van der Waals surface area (Å²) in [5, 5.41) is 11.0. The lowest BCUT2D eigenvalue weighted by atomic mass is 10.1. The van der Waals surface area contributed by atoms with Crippen molar-refractivity contribution < 1.29 is 19.5 Å². The second-order valence-corrected chi connectivity index (χ2v) is 3.27. The number of rotatable bonds is 5. The van der Waals surface area contributed by atoms with Gasteiger partial charge < -0.3 is 16.2 Å². The fraction of sp³-hybridized carbons (Fsp3) is 0.200. The predicted octanol–water partition coefficient (Wildman–Crippen LogP) is -0.860. The minimum Gasteiger partial charge on any atom is -0.480 e. The number of hydrogen-bond donors (Lipinski definition) is 3. The van der Waals surface area contributed by atoms with Crippen LogP contribution in [0.25, 0.3) is 0 Å². The van der Waals surface area contributed by atoms with Crippen LogP contribution in [0.1, 0.15) is 16.8 Å². The van der Waals surface area contributed by atoms with Crippen LogP contribution >= 0.6 is 0 Å². The molecule has 17 heavy (non-hydrogen) atoms. The van der Waals surface area contributed by atoms with Crippen molar-refractivity contribution in [2.24, 2.45) is 5.73 Å².